The molecule has 31 heavy (non-hydrogen) atoms. The number of amides is 1. The van der Waals surface area contributed by atoms with Crippen molar-refractivity contribution in [3.63, 3.8) is 0 Å². The first kappa shape index (κ1) is 25.3. The summed E-state index contributed by atoms with van der Waals surface area (Å²) in [4.78, 5) is 21.0. The number of ether oxygens (including phenoxy) is 4. The Bertz CT molecular complexity index is 762. The molecule has 0 aliphatic carbocycles. The van der Waals surface area contributed by atoms with Gasteiger partial charge < -0.3 is 34.1 Å². The molecule has 2 saturated heterocycles. The van der Waals surface area contributed by atoms with E-state index in [2.05, 4.69) is 15.2 Å². The summed E-state index contributed by atoms with van der Waals surface area (Å²) in [6, 6.07) is 3.71. The highest BCUT2D eigenvalue weighted by Gasteiger charge is 2.31. The first-order valence-corrected chi connectivity index (χ1v) is 10.3. The van der Waals surface area contributed by atoms with E-state index in [9.17, 15) is 4.79 Å². The van der Waals surface area contributed by atoms with Crippen LogP contribution < -0.4 is 19.5 Å². The number of benzene rings is 1. The number of hydrogen-bond donors (Lipinski definition) is 1. The summed E-state index contributed by atoms with van der Waals surface area (Å²) >= 11 is 0. The largest absolute Gasteiger partial charge is 0.496 e. The van der Waals surface area contributed by atoms with Crippen LogP contribution in [-0.2, 0) is 16.1 Å². The number of nitrogens with zero attached hydrogens (tertiary/aromatic N) is 3. The highest BCUT2D eigenvalue weighted by molar-refractivity contribution is 14.0. The minimum absolute atomic E-state index is 0. The number of piperazine rings is 1. The molecule has 2 aliphatic rings. The van der Waals surface area contributed by atoms with Crippen molar-refractivity contribution in [3.8, 4) is 17.2 Å². The standard InChI is InChI=1S/C21H32N4O5.HI/c1-22-21(23-14-15-12-18(28-3)19(29-4)13-17(15)27-2)25-9-7-24(8-10-25)20(26)16-6-5-11-30-16;/h12-13,16H,5-11,14H2,1-4H3,(H,22,23);1H. The molecule has 0 radical (unpaired) electrons. The number of methoxy groups -OCH3 is 3. The fraction of sp³-hybridized carbons (Fsp3) is 0.619. The van der Waals surface area contributed by atoms with Gasteiger partial charge in [-0.25, -0.2) is 0 Å². The van der Waals surface area contributed by atoms with Crippen molar-refractivity contribution in [1.29, 1.82) is 0 Å². The summed E-state index contributed by atoms with van der Waals surface area (Å²) in [5.74, 6) is 2.88. The molecular weight excluding hydrogens is 515 g/mol. The molecule has 0 spiro atoms. The lowest BCUT2D eigenvalue weighted by molar-refractivity contribution is -0.142. The molecule has 3 rings (SSSR count). The lowest BCUT2D eigenvalue weighted by atomic mass is 10.1. The Morgan fingerprint density at radius 1 is 1.06 bits per heavy atom. The zero-order chi connectivity index (χ0) is 21.5. The molecule has 1 amide bonds. The fourth-order valence-corrected chi connectivity index (χ4v) is 3.85. The van der Waals surface area contributed by atoms with Gasteiger partial charge in [-0.2, -0.15) is 0 Å². The molecule has 1 unspecified atom stereocenters. The Hall–Kier alpha value is -1.95. The van der Waals surface area contributed by atoms with Crippen LogP contribution in [-0.4, -0.2) is 88.9 Å². The fourth-order valence-electron chi connectivity index (χ4n) is 3.85. The van der Waals surface area contributed by atoms with Crippen molar-refractivity contribution in [2.24, 2.45) is 4.99 Å². The molecule has 1 aromatic carbocycles. The van der Waals surface area contributed by atoms with Gasteiger partial charge in [0.2, 0.25) is 0 Å². The number of hydrogen-bond acceptors (Lipinski definition) is 6. The molecule has 2 aliphatic heterocycles. The zero-order valence-electron chi connectivity index (χ0n) is 18.7. The van der Waals surface area contributed by atoms with Crippen molar-refractivity contribution in [2.45, 2.75) is 25.5 Å². The van der Waals surface area contributed by atoms with Crippen LogP contribution in [0.3, 0.4) is 0 Å². The predicted octanol–water partition coefficient (Wildman–Crippen LogP) is 1.73. The van der Waals surface area contributed by atoms with Crippen LogP contribution >= 0.6 is 24.0 Å². The molecule has 174 valence electrons. The maximum atomic E-state index is 12.5. The summed E-state index contributed by atoms with van der Waals surface area (Å²) in [5, 5.41) is 3.39. The lowest BCUT2D eigenvalue weighted by Crippen LogP contribution is -2.55. The second-order valence-corrected chi connectivity index (χ2v) is 7.23. The number of nitrogens with one attached hydrogen (secondary N) is 1. The molecule has 2 fully saturated rings. The Kier molecular flexibility index (Phi) is 9.94. The maximum absolute atomic E-state index is 12.5. The Morgan fingerprint density at radius 3 is 2.23 bits per heavy atom. The van der Waals surface area contributed by atoms with Gasteiger partial charge in [0, 0.05) is 58.0 Å². The van der Waals surface area contributed by atoms with Gasteiger partial charge in [-0.1, -0.05) is 0 Å². The van der Waals surface area contributed by atoms with E-state index in [1.807, 2.05) is 17.0 Å². The Balaban J connectivity index is 0.00000341. The van der Waals surface area contributed by atoms with Crippen LogP contribution in [0.4, 0.5) is 0 Å². The summed E-state index contributed by atoms with van der Waals surface area (Å²) in [5.41, 5.74) is 0.934. The predicted molar refractivity (Wildman–Crippen MR) is 129 cm³/mol. The normalized spacial score (nSPS) is 19.0. The third-order valence-electron chi connectivity index (χ3n) is 5.53. The minimum atomic E-state index is -0.258. The first-order valence-electron chi connectivity index (χ1n) is 10.3. The highest BCUT2D eigenvalue weighted by atomic mass is 127. The summed E-state index contributed by atoms with van der Waals surface area (Å²) in [7, 11) is 6.60. The monoisotopic (exact) mass is 548 g/mol. The van der Waals surface area contributed by atoms with E-state index < -0.39 is 0 Å². The van der Waals surface area contributed by atoms with Crippen molar-refractivity contribution in [1.82, 2.24) is 15.1 Å². The van der Waals surface area contributed by atoms with Gasteiger partial charge in [-0.15, -0.1) is 24.0 Å². The number of carbonyl (C=O) groups is 1. The quantitative estimate of drug-likeness (QED) is 0.330. The Morgan fingerprint density at radius 2 is 1.68 bits per heavy atom. The molecule has 0 aromatic heterocycles. The zero-order valence-corrected chi connectivity index (χ0v) is 21.0. The lowest BCUT2D eigenvalue weighted by Gasteiger charge is -2.37. The average Bonchev–Trinajstić information content (AvgIpc) is 3.33. The van der Waals surface area contributed by atoms with E-state index in [0.29, 0.717) is 43.5 Å². The maximum Gasteiger partial charge on any atom is 0.251 e. The summed E-state index contributed by atoms with van der Waals surface area (Å²) < 4.78 is 21.8. The van der Waals surface area contributed by atoms with Crippen molar-refractivity contribution in [2.75, 3.05) is 61.2 Å². The second-order valence-electron chi connectivity index (χ2n) is 7.23. The van der Waals surface area contributed by atoms with E-state index in [0.717, 1.165) is 37.5 Å². The highest BCUT2D eigenvalue weighted by Crippen LogP contribution is 2.34. The molecule has 10 heteroatoms. The van der Waals surface area contributed by atoms with Crippen LogP contribution in [0, 0.1) is 0 Å². The van der Waals surface area contributed by atoms with Gasteiger partial charge in [0.05, 0.1) is 21.3 Å². The van der Waals surface area contributed by atoms with Crippen molar-refractivity contribution >= 4 is 35.8 Å². The molecule has 2 heterocycles. The topological polar surface area (TPSA) is 84.9 Å². The van der Waals surface area contributed by atoms with E-state index >= 15 is 0 Å². The Labute approximate surface area is 201 Å². The third-order valence-corrected chi connectivity index (χ3v) is 5.53. The van der Waals surface area contributed by atoms with E-state index in [-0.39, 0.29) is 36.0 Å². The van der Waals surface area contributed by atoms with E-state index in [1.54, 1.807) is 28.4 Å². The van der Waals surface area contributed by atoms with Crippen LogP contribution in [0.1, 0.15) is 18.4 Å². The van der Waals surface area contributed by atoms with Gasteiger partial charge in [0.25, 0.3) is 5.91 Å². The summed E-state index contributed by atoms with van der Waals surface area (Å²) in [6.07, 6.45) is 1.54. The number of aliphatic imine (C=N–C) groups is 1. The third kappa shape index (κ3) is 6.06. The molecule has 1 aromatic rings. The first-order chi connectivity index (χ1) is 14.6. The van der Waals surface area contributed by atoms with E-state index in [4.69, 9.17) is 18.9 Å². The van der Waals surface area contributed by atoms with Gasteiger partial charge in [0.15, 0.2) is 17.5 Å². The van der Waals surface area contributed by atoms with E-state index in [1.165, 1.54) is 0 Å². The van der Waals surface area contributed by atoms with Crippen LogP contribution in [0.25, 0.3) is 0 Å². The van der Waals surface area contributed by atoms with Crippen LogP contribution in [0.2, 0.25) is 0 Å². The SMILES string of the molecule is CN=C(NCc1cc(OC)c(OC)cc1OC)N1CCN(C(=O)C2CCCO2)CC1.I. The average molecular weight is 548 g/mol. The van der Waals surface area contributed by atoms with Gasteiger partial charge >= 0.3 is 0 Å². The second kappa shape index (κ2) is 12.2. The van der Waals surface area contributed by atoms with Gasteiger partial charge in [0.1, 0.15) is 11.9 Å². The van der Waals surface area contributed by atoms with Crippen LogP contribution in [0.15, 0.2) is 17.1 Å². The molecule has 1 atom stereocenters. The smallest absolute Gasteiger partial charge is 0.251 e. The number of carbonyl (C=O) groups excluding carboxylic acids is 1. The molecular formula is C21H33IN4O5. The number of guanidine groups is 1. The van der Waals surface area contributed by atoms with Crippen molar-refractivity contribution in [3.05, 3.63) is 17.7 Å². The number of rotatable bonds is 6. The minimum Gasteiger partial charge on any atom is -0.496 e. The van der Waals surface area contributed by atoms with Crippen LogP contribution in [0.5, 0.6) is 17.2 Å². The van der Waals surface area contributed by atoms with Crippen molar-refractivity contribution < 1.29 is 23.7 Å². The molecule has 9 nitrogen and oxygen atoms in total. The van der Waals surface area contributed by atoms with Gasteiger partial charge in [-0.3, -0.25) is 9.79 Å². The molecule has 0 saturated carbocycles. The number of halogens is 1. The van der Waals surface area contributed by atoms with Gasteiger partial charge in [-0.05, 0) is 18.9 Å². The molecule has 0 bridgehead atoms. The summed E-state index contributed by atoms with van der Waals surface area (Å²) in [6.45, 7) is 3.98. The molecule has 1 N–H and O–H groups in total.